The molecule has 1 aliphatic rings. The third-order valence-corrected chi connectivity index (χ3v) is 4.17. The van der Waals surface area contributed by atoms with Crippen LogP contribution in [0.3, 0.4) is 0 Å². The van der Waals surface area contributed by atoms with E-state index in [0.29, 0.717) is 25.7 Å². The second-order valence-corrected chi connectivity index (χ2v) is 5.63. The van der Waals surface area contributed by atoms with Crippen molar-refractivity contribution in [3.8, 4) is 0 Å². The van der Waals surface area contributed by atoms with Gasteiger partial charge in [0.1, 0.15) is 6.61 Å². The van der Waals surface area contributed by atoms with Crippen LogP contribution in [0.4, 0.5) is 4.79 Å². The Morgan fingerprint density at radius 3 is 2.86 bits per heavy atom. The molecule has 0 spiro atoms. The maximum Gasteiger partial charge on any atom is 0.410 e. The zero-order chi connectivity index (χ0) is 15.8. The lowest BCUT2D eigenvalue weighted by molar-refractivity contribution is 0.0570. The van der Waals surface area contributed by atoms with Crippen LogP contribution in [0.5, 0.6) is 0 Å². The SMILES string of the molecule is CCN(CCO)C1CCCN(C(=O)OCc2ccccc2)C1. The smallest absolute Gasteiger partial charge is 0.410 e. The summed E-state index contributed by atoms with van der Waals surface area (Å²) in [6.07, 6.45) is 1.80. The molecule has 5 nitrogen and oxygen atoms in total. The Morgan fingerprint density at radius 1 is 1.41 bits per heavy atom. The minimum Gasteiger partial charge on any atom is -0.445 e. The van der Waals surface area contributed by atoms with Gasteiger partial charge in [-0.25, -0.2) is 4.79 Å². The number of aliphatic hydroxyl groups is 1. The summed E-state index contributed by atoms with van der Waals surface area (Å²) in [5, 5.41) is 9.14. The van der Waals surface area contributed by atoms with Crippen molar-refractivity contribution in [1.82, 2.24) is 9.80 Å². The van der Waals surface area contributed by atoms with E-state index in [1.807, 2.05) is 30.3 Å². The first-order valence-electron chi connectivity index (χ1n) is 8.05. The number of hydrogen-bond acceptors (Lipinski definition) is 4. The third-order valence-electron chi connectivity index (χ3n) is 4.17. The van der Waals surface area contributed by atoms with Crippen molar-refractivity contribution in [3.05, 3.63) is 35.9 Å². The lowest BCUT2D eigenvalue weighted by Crippen LogP contribution is -2.50. The molecule has 0 saturated carbocycles. The van der Waals surface area contributed by atoms with Crippen LogP contribution < -0.4 is 0 Å². The molecule has 22 heavy (non-hydrogen) atoms. The number of ether oxygens (including phenoxy) is 1. The summed E-state index contributed by atoms with van der Waals surface area (Å²) in [6, 6.07) is 10.0. The summed E-state index contributed by atoms with van der Waals surface area (Å²) in [5.41, 5.74) is 1.000. The Bertz CT molecular complexity index is 452. The second-order valence-electron chi connectivity index (χ2n) is 5.63. The predicted molar refractivity (Wildman–Crippen MR) is 85.6 cm³/mol. The van der Waals surface area contributed by atoms with Gasteiger partial charge in [-0.15, -0.1) is 0 Å². The number of carbonyl (C=O) groups is 1. The maximum atomic E-state index is 12.2. The Kier molecular flexibility index (Phi) is 6.68. The van der Waals surface area contributed by atoms with E-state index in [-0.39, 0.29) is 12.7 Å². The van der Waals surface area contributed by atoms with E-state index in [4.69, 9.17) is 9.84 Å². The molecule has 122 valence electrons. The zero-order valence-electron chi connectivity index (χ0n) is 13.3. The Hall–Kier alpha value is -1.59. The van der Waals surface area contributed by atoms with E-state index in [1.54, 1.807) is 4.90 Å². The molecular weight excluding hydrogens is 280 g/mol. The zero-order valence-corrected chi connectivity index (χ0v) is 13.3. The number of nitrogens with zero attached hydrogens (tertiary/aromatic N) is 2. The molecule has 1 amide bonds. The van der Waals surface area contributed by atoms with Crippen molar-refractivity contribution in [3.63, 3.8) is 0 Å². The van der Waals surface area contributed by atoms with E-state index in [9.17, 15) is 4.79 Å². The largest absolute Gasteiger partial charge is 0.445 e. The fraction of sp³-hybridized carbons (Fsp3) is 0.588. The number of likely N-dealkylation sites (N-methyl/N-ethyl adjacent to an activating group) is 1. The molecule has 0 radical (unpaired) electrons. The highest BCUT2D eigenvalue weighted by Gasteiger charge is 2.27. The van der Waals surface area contributed by atoms with E-state index in [1.165, 1.54) is 0 Å². The van der Waals surface area contributed by atoms with Crippen molar-refractivity contribution < 1.29 is 14.6 Å². The first kappa shape index (κ1) is 16.8. The molecule has 1 aromatic rings. The predicted octanol–water partition coefficient (Wildman–Crippen LogP) is 2.10. The van der Waals surface area contributed by atoms with Crippen LogP contribution in [0.2, 0.25) is 0 Å². The van der Waals surface area contributed by atoms with Crippen molar-refractivity contribution >= 4 is 6.09 Å². The molecule has 1 N–H and O–H groups in total. The number of hydrogen-bond donors (Lipinski definition) is 1. The molecule has 1 heterocycles. The fourth-order valence-electron chi connectivity index (χ4n) is 2.96. The Labute approximate surface area is 132 Å². The molecule has 1 atom stereocenters. The van der Waals surface area contributed by atoms with E-state index >= 15 is 0 Å². The van der Waals surface area contributed by atoms with Gasteiger partial charge in [-0.1, -0.05) is 37.3 Å². The summed E-state index contributed by atoms with van der Waals surface area (Å²) < 4.78 is 5.41. The Balaban J connectivity index is 1.84. The molecule has 1 unspecified atom stereocenters. The van der Waals surface area contributed by atoms with Crippen molar-refractivity contribution in [2.45, 2.75) is 32.4 Å². The summed E-state index contributed by atoms with van der Waals surface area (Å²) in [6.45, 7) is 5.54. The van der Waals surface area contributed by atoms with Crippen LogP contribution in [-0.2, 0) is 11.3 Å². The monoisotopic (exact) mass is 306 g/mol. The number of amides is 1. The number of piperidine rings is 1. The molecule has 2 rings (SSSR count). The van der Waals surface area contributed by atoms with Gasteiger partial charge in [-0.2, -0.15) is 0 Å². The molecule has 1 aliphatic heterocycles. The van der Waals surface area contributed by atoms with Gasteiger partial charge in [0.2, 0.25) is 0 Å². The van der Waals surface area contributed by atoms with Gasteiger partial charge in [-0.3, -0.25) is 4.90 Å². The third kappa shape index (κ3) is 4.71. The average Bonchev–Trinajstić information content (AvgIpc) is 2.58. The van der Waals surface area contributed by atoms with Crippen LogP contribution in [0.1, 0.15) is 25.3 Å². The van der Waals surface area contributed by atoms with Gasteiger partial charge in [0.25, 0.3) is 0 Å². The van der Waals surface area contributed by atoms with Crippen LogP contribution in [0.15, 0.2) is 30.3 Å². The minimum absolute atomic E-state index is 0.156. The molecule has 1 saturated heterocycles. The van der Waals surface area contributed by atoms with E-state index in [2.05, 4.69) is 11.8 Å². The van der Waals surface area contributed by atoms with Crippen LogP contribution in [-0.4, -0.2) is 59.8 Å². The van der Waals surface area contributed by atoms with Crippen LogP contribution in [0, 0.1) is 0 Å². The second kappa shape index (κ2) is 8.76. The topological polar surface area (TPSA) is 53.0 Å². The van der Waals surface area contributed by atoms with Gasteiger partial charge in [-0.05, 0) is 24.9 Å². The van der Waals surface area contributed by atoms with Crippen LogP contribution in [0.25, 0.3) is 0 Å². The highest BCUT2D eigenvalue weighted by Crippen LogP contribution is 2.17. The summed E-state index contributed by atoms with van der Waals surface area (Å²) >= 11 is 0. The van der Waals surface area contributed by atoms with Gasteiger partial charge < -0.3 is 14.7 Å². The normalized spacial score (nSPS) is 18.5. The number of likely N-dealkylation sites (tertiary alicyclic amines) is 1. The molecule has 1 fully saturated rings. The highest BCUT2D eigenvalue weighted by molar-refractivity contribution is 5.67. The molecular formula is C17H26N2O3. The average molecular weight is 306 g/mol. The molecule has 0 aliphatic carbocycles. The van der Waals surface area contributed by atoms with Crippen molar-refractivity contribution in [2.75, 3.05) is 32.8 Å². The number of benzene rings is 1. The lowest BCUT2D eigenvalue weighted by atomic mass is 10.0. The van der Waals surface area contributed by atoms with Crippen LogP contribution >= 0.6 is 0 Å². The Morgan fingerprint density at radius 2 is 2.18 bits per heavy atom. The highest BCUT2D eigenvalue weighted by atomic mass is 16.6. The molecule has 0 bridgehead atoms. The lowest BCUT2D eigenvalue weighted by Gasteiger charge is -2.38. The van der Waals surface area contributed by atoms with Gasteiger partial charge >= 0.3 is 6.09 Å². The van der Waals surface area contributed by atoms with Gasteiger partial charge in [0.15, 0.2) is 0 Å². The molecule has 1 aromatic carbocycles. The van der Waals surface area contributed by atoms with Crippen molar-refractivity contribution in [1.29, 1.82) is 0 Å². The van der Waals surface area contributed by atoms with Crippen molar-refractivity contribution in [2.24, 2.45) is 0 Å². The quantitative estimate of drug-likeness (QED) is 0.874. The molecule has 0 aromatic heterocycles. The first-order valence-corrected chi connectivity index (χ1v) is 8.05. The maximum absolute atomic E-state index is 12.2. The minimum atomic E-state index is -0.242. The number of aliphatic hydroxyl groups excluding tert-OH is 1. The van der Waals surface area contributed by atoms with E-state index in [0.717, 1.165) is 31.5 Å². The van der Waals surface area contributed by atoms with E-state index < -0.39 is 0 Å². The fourth-order valence-corrected chi connectivity index (χ4v) is 2.96. The summed E-state index contributed by atoms with van der Waals surface area (Å²) in [5.74, 6) is 0. The van der Waals surface area contributed by atoms with Gasteiger partial charge in [0, 0.05) is 25.7 Å². The number of carbonyl (C=O) groups excluding carboxylic acids is 1. The van der Waals surface area contributed by atoms with Gasteiger partial charge in [0.05, 0.1) is 6.61 Å². The summed E-state index contributed by atoms with van der Waals surface area (Å²) in [7, 11) is 0. The number of rotatable bonds is 6. The molecule has 5 heteroatoms. The summed E-state index contributed by atoms with van der Waals surface area (Å²) in [4.78, 5) is 16.2. The first-order chi connectivity index (χ1) is 10.7. The standard InChI is InChI=1S/C17H26N2O3/c1-2-18(11-12-20)16-9-6-10-19(13-16)17(21)22-14-15-7-4-3-5-8-15/h3-5,7-8,16,20H,2,6,9-14H2,1H3.